The summed E-state index contributed by atoms with van der Waals surface area (Å²) in [5.74, 6) is 0.818. The fourth-order valence-corrected chi connectivity index (χ4v) is 5.27. The highest BCUT2D eigenvalue weighted by Gasteiger charge is 2.47. The number of carbonyl (C=O) groups is 1. The van der Waals surface area contributed by atoms with Crippen molar-refractivity contribution < 1.29 is 13.2 Å². The van der Waals surface area contributed by atoms with Crippen molar-refractivity contribution in [3.63, 3.8) is 0 Å². The third-order valence-corrected chi connectivity index (χ3v) is 7.18. The molecule has 0 aromatic carbocycles. The minimum atomic E-state index is -3.62. The van der Waals surface area contributed by atoms with Crippen LogP contribution in [0.5, 0.6) is 0 Å². The number of fused-ring (bicyclic) bond motifs is 2. The summed E-state index contributed by atoms with van der Waals surface area (Å²) in [6.45, 7) is 2.58. The molecule has 4 heterocycles. The van der Waals surface area contributed by atoms with Crippen molar-refractivity contribution in [2.45, 2.75) is 36.8 Å². The molecular formula is C16H22N6O3S. The zero-order valence-electron chi connectivity index (χ0n) is 15.1. The lowest BCUT2D eigenvalue weighted by Crippen LogP contribution is -2.54. The van der Waals surface area contributed by atoms with Gasteiger partial charge >= 0.3 is 0 Å². The van der Waals surface area contributed by atoms with Gasteiger partial charge in [0.25, 0.3) is 10.0 Å². The summed E-state index contributed by atoms with van der Waals surface area (Å²) in [5.41, 5.74) is 0.396. The maximum atomic E-state index is 12.8. The van der Waals surface area contributed by atoms with E-state index >= 15 is 0 Å². The molecule has 0 N–H and O–H groups in total. The summed E-state index contributed by atoms with van der Waals surface area (Å²) < 4.78 is 30.6. The molecule has 2 aromatic heterocycles. The Morgan fingerprint density at radius 3 is 2.50 bits per heavy atom. The van der Waals surface area contributed by atoms with Crippen molar-refractivity contribution in [2.24, 2.45) is 7.05 Å². The second-order valence-electron chi connectivity index (χ2n) is 7.19. The Morgan fingerprint density at radius 2 is 1.88 bits per heavy atom. The predicted octanol–water partition coefficient (Wildman–Crippen LogP) is 0.472. The van der Waals surface area contributed by atoms with E-state index in [1.807, 2.05) is 17.7 Å². The van der Waals surface area contributed by atoms with Crippen LogP contribution < -0.4 is 4.90 Å². The number of rotatable bonds is 2. The molecule has 1 amide bonds. The van der Waals surface area contributed by atoms with E-state index < -0.39 is 15.6 Å². The Labute approximate surface area is 152 Å². The first-order chi connectivity index (χ1) is 12.2. The lowest BCUT2D eigenvalue weighted by atomic mass is 9.83. The third-order valence-electron chi connectivity index (χ3n) is 5.40. The van der Waals surface area contributed by atoms with Crippen molar-refractivity contribution in [1.29, 1.82) is 0 Å². The Bertz CT molecular complexity index is 968. The number of imidazole rings is 1. The van der Waals surface area contributed by atoms with Gasteiger partial charge in [-0.25, -0.2) is 18.1 Å². The van der Waals surface area contributed by atoms with Crippen LogP contribution in [-0.4, -0.2) is 58.1 Å². The van der Waals surface area contributed by atoms with Gasteiger partial charge in [-0.05, 0) is 19.8 Å². The van der Waals surface area contributed by atoms with Crippen LogP contribution in [0.4, 0.5) is 5.82 Å². The topological polar surface area (TPSA) is 93.3 Å². The monoisotopic (exact) mass is 378 g/mol. The molecule has 1 spiro atoms. The van der Waals surface area contributed by atoms with Crippen molar-refractivity contribution >= 4 is 21.7 Å². The molecule has 4 rings (SSSR count). The Hall–Kier alpha value is -2.20. The number of sulfonamides is 1. The highest BCUT2D eigenvalue weighted by molar-refractivity contribution is 7.89. The highest BCUT2D eigenvalue weighted by atomic mass is 32.2. The molecule has 0 unspecified atom stereocenters. The molecule has 0 atom stereocenters. The minimum Gasteiger partial charge on any atom is -0.339 e. The van der Waals surface area contributed by atoms with E-state index in [4.69, 9.17) is 0 Å². The number of aryl methyl sites for hydroxylation is 2. The zero-order chi connectivity index (χ0) is 18.7. The molecule has 0 aliphatic carbocycles. The van der Waals surface area contributed by atoms with E-state index in [0.717, 1.165) is 11.5 Å². The van der Waals surface area contributed by atoms with Gasteiger partial charge in [0.05, 0.1) is 24.0 Å². The summed E-state index contributed by atoms with van der Waals surface area (Å²) in [5, 5.41) is 4.66. The first-order valence-corrected chi connectivity index (χ1v) is 9.99. The van der Waals surface area contributed by atoms with Gasteiger partial charge in [-0.3, -0.25) is 4.79 Å². The SMILES string of the molecule is Cc1cc2n(n1)C1(CCN(S(=O)(=O)c3cn(C)cn3)CC1)CC(=O)N2C. The number of amides is 1. The maximum Gasteiger partial charge on any atom is 0.262 e. The second kappa shape index (κ2) is 5.65. The van der Waals surface area contributed by atoms with Gasteiger partial charge in [-0.2, -0.15) is 9.40 Å². The second-order valence-corrected chi connectivity index (χ2v) is 9.08. The number of hydrogen-bond donors (Lipinski definition) is 0. The molecule has 1 saturated heterocycles. The Balaban J connectivity index is 1.62. The molecule has 2 aromatic rings. The summed E-state index contributed by atoms with van der Waals surface area (Å²) in [6.07, 6.45) is 4.43. The molecule has 0 radical (unpaired) electrons. The molecule has 2 aliphatic rings. The van der Waals surface area contributed by atoms with Crippen LogP contribution in [0.15, 0.2) is 23.6 Å². The summed E-state index contributed by atoms with van der Waals surface area (Å²) >= 11 is 0. The Kier molecular flexibility index (Phi) is 3.74. The predicted molar refractivity (Wildman–Crippen MR) is 94.2 cm³/mol. The smallest absolute Gasteiger partial charge is 0.262 e. The quantitative estimate of drug-likeness (QED) is 0.757. The van der Waals surface area contributed by atoms with Crippen LogP contribution in [0.1, 0.15) is 25.0 Å². The van der Waals surface area contributed by atoms with E-state index in [-0.39, 0.29) is 10.9 Å². The first kappa shape index (κ1) is 17.2. The third kappa shape index (κ3) is 2.47. The van der Waals surface area contributed by atoms with Crippen LogP contribution in [0.2, 0.25) is 0 Å². The summed E-state index contributed by atoms with van der Waals surface area (Å²) in [4.78, 5) is 18.1. The van der Waals surface area contributed by atoms with Crippen LogP contribution in [0.3, 0.4) is 0 Å². The van der Waals surface area contributed by atoms with Crippen molar-refractivity contribution in [3.05, 3.63) is 24.3 Å². The minimum absolute atomic E-state index is 0.0402. The highest BCUT2D eigenvalue weighted by Crippen LogP contribution is 2.41. The van der Waals surface area contributed by atoms with Gasteiger partial charge in [0.2, 0.25) is 5.91 Å². The molecule has 26 heavy (non-hydrogen) atoms. The number of hydrogen-bond acceptors (Lipinski definition) is 5. The number of carbonyl (C=O) groups excluding carboxylic acids is 1. The van der Waals surface area contributed by atoms with Gasteiger partial charge in [-0.15, -0.1) is 0 Å². The van der Waals surface area contributed by atoms with Gasteiger partial charge < -0.3 is 9.47 Å². The zero-order valence-corrected chi connectivity index (χ0v) is 15.9. The van der Waals surface area contributed by atoms with Crippen molar-refractivity contribution in [2.75, 3.05) is 25.0 Å². The lowest BCUT2D eigenvalue weighted by molar-refractivity contribution is -0.122. The van der Waals surface area contributed by atoms with E-state index in [0.29, 0.717) is 32.4 Å². The van der Waals surface area contributed by atoms with Gasteiger partial charge in [0.1, 0.15) is 5.82 Å². The van der Waals surface area contributed by atoms with Crippen LogP contribution >= 0.6 is 0 Å². The van der Waals surface area contributed by atoms with Crippen LogP contribution in [-0.2, 0) is 27.4 Å². The molecule has 0 saturated carbocycles. The van der Waals surface area contributed by atoms with Crippen LogP contribution in [0.25, 0.3) is 0 Å². The van der Waals surface area contributed by atoms with E-state index in [1.54, 1.807) is 23.6 Å². The van der Waals surface area contributed by atoms with Crippen molar-refractivity contribution in [3.8, 4) is 0 Å². The molecule has 0 bridgehead atoms. The molecule has 9 nitrogen and oxygen atoms in total. The number of anilines is 1. The van der Waals surface area contributed by atoms with Crippen LogP contribution in [0, 0.1) is 6.92 Å². The average molecular weight is 378 g/mol. The number of nitrogens with zero attached hydrogens (tertiary/aromatic N) is 6. The maximum absolute atomic E-state index is 12.8. The fourth-order valence-electron chi connectivity index (χ4n) is 3.86. The summed E-state index contributed by atoms with van der Waals surface area (Å²) in [6, 6.07) is 1.90. The molecule has 10 heteroatoms. The molecule has 2 aliphatic heterocycles. The van der Waals surface area contributed by atoms with Gasteiger partial charge in [0, 0.05) is 39.4 Å². The van der Waals surface area contributed by atoms with E-state index in [1.165, 1.54) is 16.8 Å². The number of piperidine rings is 1. The van der Waals surface area contributed by atoms with E-state index in [9.17, 15) is 13.2 Å². The first-order valence-electron chi connectivity index (χ1n) is 8.55. The largest absolute Gasteiger partial charge is 0.339 e. The normalized spacial score (nSPS) is 20.6. The Morgan fingerprint density at radius 1 is 1.19 bits per heavy atom. The molecule has 140 valence electrons. The lowest BCUT2D eigenvalue weighted by Gasteiger charge is -2.45. The molecular weight excluding hydrogens is 356 g/mol. The van der Waals surface area contributed by atoms with Gasteiger partial charge in [0.15, 0.2) is 5.03 Å². The molecule has 1 fully saturated rings. The van der Waals surface area contributed by atoms with Crippen molar-refractivity contribution in [1.82, 2.24) is 23.6 Å². The van der Waals surface area contributed by atoms with E-state index in [2.05, 4.69) is 10.1 Å². The standard InChI is InChI=1S/C16H22N6O3S/c1-12-8-14-20(3)15(23)9-16(22(14)18-12)4-6-21(7-5-16)26(24,25)13-10-19(2)11-17-13/h8,10-11H,4-7,9H2,1-3H3. The number of aromatic nitrogens is 4. The summed E-state index contributed by atoms with van der Waals surface area (Å²) in [7, 11) is -0.125. The fraction of sp³-hybridized carbons (Fsp3) is 0.562. The average Bonchev–Trinajstić information content (AvgIpc) is 3.20. The van der Waals surface area contributed by atoms with Gasteiger partial charge in [-0.1, -0.05) is 0 Å².